The number of anilines is 2. The number of aromatic nitrogens is 4. The second kappa shape index (κ2) is 8.13. The highest BCUT2D eigenvalue weighted by molar-refractivity contribution is 6.07. The van der Waals surface area contributed by atoms with Crippen LogP contribution in [0.1, 0.15) is 51.3 Å². The number of benzene rings is 2. The van der Waals surface area contributed by atoms with Crippen LogP contribution in [-0.4, -0.2) is 33.5 Å². The molecule has 5 rings (SSSR count). The Morgan fingerprint density at radius 3 is 2.56 bits per heavy atom. The van der Waals surface area contributed by atoms with Crippen LogP contribution in [0.4, 0.5) is 11.6 Å². The SMILES string of the molecule is [B]n1nc(-c2ccc(-c3cc(C)cnc3C)c(C)c2)nc1Nc1cc2c(cc1C)C(=O)NC2C. The zero-order valence-electron chi connectivity index (χ0n) is 19.9. The van der Waals surface area contributed by atoms with E-state index in [0.29, 0.717) is 17.3 Å². The number of nitrogens with one attached hydrogen (secondary N) is 2. The van der Waals surface area contributed by atoms with Crippen molar-refractivity contribution in [2.45, 2.75) is 40.7 Å². The summed E-state index contributed by atoms with van der Waals surface area (Å²) in [5.41, 5.74) is 9.78. The number of hydrogen-bond donors (Lipinski definition) is 2. The molecule has 0 aliphatic carbocycles. The third-order valence-electron chi connectivity index (χ3n) is 6.33. The van der Waals surface area contributed by atoms with Crippen LogP contribution in [0.5, 0.6) is 0 Å². The number of carbonyl (C=O) groups excluding carboxylic acids is 1. The van der Waals surface area contributed by atoms with Crippen molar-refractivity contribution >= 4 is 25.5 Å². The third kappa shape index (κ3) is 3.75. The summed E-state index contributed by atoms with van der Waals surface area (Å²) in [6.45, 7) is 10.0. The molecule has 3 heterocycles. The maximum absolute atomic E-state index is 12.1. The smallest absolute Gasteiger partial charge is 0.269 e. The number of carbonyl (C=O) groups is 1. The lowest BCUT2D eigenvalue weighted by molar-refractivity contribution is 0.0958. The van der Waals surface area contributed by atoms with Crippen molar-refractivity contribution in [3.8, 4) is 22.5 Å². The van der Waals surface area contributed by atoms with Gasteiger partial charge in [0.1, 0.15) is 0 Å². The highest BCUT2D eigenvalue weighted by atomic mass is 16.2. The summed E-state index contributed by atoms with van der Waals surface area (Å²) >= 11 is 0. The summed E-state index contributed by atoms with van der Waals surface area (Å²) in [6.07, 6.45) is 1.88. The fourth-order valence-corrected chi connectivity index (χ4v) is 4.43. The van der Waals surface area contributed by atoms with Gasteiger partial charge < -0.3 is 10.6 Å². The maximum Gasteiger partial charge on any atom is 0.269 e. The number of rotatable bonds is 4. The lowest BCUT2D eigenvalue weighted by atomic mass is 9.96. The van der Waals surface area contributed by atoms with E-state index in [0.717, 1.165) is 50.3 Å². The molecule has 8 heteroatoms. The molecule has 34 heavy (non-hydrogen) atoms. The molecule has 1 amide bonds. The van der Waals surface area contributed by atoms with Gasteiger partial charge in [0, 0.05) is 34.3 Å². The number of hydrogen-bond acceptors (Lipinski definition) is 5. The Hall–Kier alpha value is -3.94. The Labute approximate surface area is 200 Å². The Balaban J connectivity index is 1.46. The van der Waals surface area contributed by atoms with Gasteiger partial charge in [-0.05, 0) is 86.7 Å². The normalized spacial score (nSPS) is 14.7. The topological polar surface area (TPSA) is 84.7 Å². The van der Waals surface area contributed by atoms with E-state index in [2.05, 4.69) is 50.8 Å². The summed E-state index contributed by atoms with van der Waals surface area (Å²) in [5.74, 6) is 0.906. The number of pyridine rings is 1. The van der Waals surface area contributed by atoms with Crippen molar-refractivity contribution in [1.29, 1.82) is 0 Å². The summed E-state index contributed by atoms with van der Waals surface area (Å²) in [7, 11) is 6.14. The van der Waals surface area contributed by atoms with E-state index in [-0.39, 0.29) is 11.9 Å². The van der Waals surface area contributed by atoms with Crippen LogP contribution in [0.2, 0.25) is 0 Å². The Morgan fingerprint density at radius 2 is 1.79 bits per heavy atom. The zero-order valence-corrected chi connectivity index (χ0v) is 19.9. The van der Waals surface area contributed by atoms with Crippen LogP contribution in [0.25, 0.3) is 22.5 Å². The molecule has 0 spiro atoms. The minimum atomic E-state index is -0.0446. The van der Waals surface area contributed by atoms with Gasteiger partial charge in [0.2, 0.25) is 5.95 Å². The van der Waals surface area contributed by atoms with Crippen LogP contribution in [-0.2, 0) is 0 Å². The van der Waals surface area contributed by atoms with E-state index in [4.69, 9.17) is 7.98 Å². The molecule has 1 atom stereocenters. The standard InChI is InChI=1S/C26H25BN6O/c1-13-8-20(16(4)28-12-13)19-7-6-18(9-14(19)2)24-31-26(33(27)32-24)30-23-11-21-17(5)29-25(34)22(21)10-15(23)3/h6-12,17H,1-5H3,(H,29,34)(H,30,31,32). The van der Waals surface area contributed by atoms with Crippen LogP contribution in [0, 0.1) is 27.7 Å². The van der Waals surface area contributed by atoms with Gasteiger partial charge in [-0.2, -0.15) is 10.1 Å². The molecule has 2 aromatic heterocycles. The lowest BCUT2D eigenvalue weighted by Gasteiger charge is -2.12. The second-order valence-electron chi connectivity index (χ2n) is 8.95. The van der Waals surface area contributed by atoms with Gasteiger partial charge in [0.15, 0.2) is 5.82 Å². The minimum absolute atomic E-state index is 0.0383. The summed E-state index contributed by atoms with van der Waals surface area (Å²) in [5, 5.41) is 10.6. The Kier molecular flexibility index (Phi) is 5.23. The van der Waals surface area contributed by atoms with Gasteiger partial charge in [-0.1, -0.05) is 12.1 Å². The highest BCUT2D eigenvalue weighted by Crippen LogP contribution is 2.33. The molecule has 4 aromatic rings. The minimum Gasteiger partial charge on any atom is -0.345 e. The van der Waals surface area contributed by atoms with E-state index < -0.39 is 0 Å². The van der Waals surface area contributed by atoms with E-state index in [1.165, 1.54) is 4.59 Å². The first-order valence-corrected chi connectivity index (χ1v) is 11.2. The van der Waals surface area contributed by atoms with Crippen LogP contribution >= 0.6 is 0 Å². The maximum atomic E-state index is 12.1. The second-order valence-corrected chi connectivity index (χ2v) is 8.95. The largest absolute Gasteiger partial charge is 0.345 e. The molecule has 7 nitrogen and oxygen atoms in total. The van der Waals surface area contributed by atoms with Gasteiger partial charge in [-0.3, -0.25) is 14.4 Å². The van der Waals surface area contributed by atoms with Crippen LogP contribution in [0.15, 0.2) is 42.6 Å². The molecule has 0 fully saturated rings. The van der Waals surface area contributed by atoms with E-state index in [9.17, 15) is 4.79 Å². The predicted molar refractivity (Wildman–Crippen MR) is 134 cm³/mol. The molecule has 1 unspecified atom stereocenters. The van der Waals surface area contributed by atoms with E-state index in [1.807, 2.05) is 52.1 Å². The molecule has 2 N–H and O–H groups in total. The number of nitrogens with zero attached hydrogens (tertiary/aromatic N) is 4. The van der Waals surface area contributed by atoms with Crippen molar-refractivity contribution in [1.82, 2.24) is 25.0 Å². The van der Waals surface area contributed by atoms with Gasteiger partial charge in [-0.15, -0.1) is 0 Å². The summed E-state index contributed by atoms with van der Waals surface area (Å²) < 4.78 is 1.24. The molecular formula is C26H25BN6O. The molecule has 2 aromatic carbocycles. The average molecular weight is 448 g/mol. The first kappa shape index (κ1) is 21.9. The van der Waals surface area contributed by atoms with Crippen molar-refractivity contribution < 1.29 is 4.79 Å². The van der Waals surface area contributed by atoms with Gasteiger partial charge >= 0.3 is 0 Å². The summed E-state index contributed by atoms with van der Waals surface area (Å²) in [4.78, 5) is 21.2. The van der Waals surface area contributed by atoms with Gasteiger partial charge in [0.05, 0.1) is 6.04 Å². The Bertz CT molecular complexity index is 1460. The molecular weight excluding hydrogens is 423 g/mol. The lowest BCUT2D eigenvalue weighted by Crippen LogP contribution is -2.16. The fourth-order valence-electron chi connectivity index (χ4n) is 4.43. The van der Waals surface area contributed by atoms with Crippen LogP contribution < -0.4 is 10.6 Å². The first-order valence-electron chi connectivity index (χ1n) is 11.2. The van der Waals surface area contributed by atoms with Gasteiger partial charge in [0.25, 0.3) is 13.9 Å². The fraction of sp³-hybridized carbons (Fsp3) is 0.231. The zero-order chi connectivity index (χ0) is 24.1. The average Bonchev–Trinajstić information content (AvgIpc) is 3.29. The van der Waals surface area contributed by atoms with Crippen molar-refractivity contribution in [3.63, 3.8) is 0 Å². The molecule has 0 saturated heterocycles. The number of amides is 1. The molecule has 2 radical (unpaired) electrons. The van der Waals surface area contributed by atoms with Crippen LogP contribution in [0.3, 0.4) is 0 Å². The number of aryl methyl sites for hydroxylation is 4. The summed E-state index contributed by atoms with van der Waals surface area (Å²) in [6, 6.07) is 12.1. The molecule has 0 saturated carbocycles. The number of fused-ring (bicyclic) bond motifs is 1. The Morgan fingerprint density at radius 1 is 1.00 bits per heavy atom. The molecule has 168 valence electrons. The van der Waals surface area contributed by atoms with Crippen molar-refractivity contribution in [2.75, 3.05) is 5.32 Å². The third-order valence-corrected chi connectivity index (χ3v) is 6.33. The monoisotopic (exact) mass is 448 g/mol. The molecule has 1 aliphatic rings. The van der Waals surface area contributed by atoms with E-state index in [1.54, 1.807) is 0 Å². The molecule has 0 bridgehead atoms. The van der Waals surface area contributed by atoms with E-state index >= 15 is 0 Å². The van der Waals surface area contributed by atoms with Gasteiger partial charge in [-0.25, -0.2) is 0 Å². The highest BCUT2D eigenvalue weighted by Gasteiger charge is 2.26. The van der Waals surface area contributed by atoms with Crippen molar-refractivity contribution in [3.05, 3.63) is 76.1 Å². The van der Waals surface area contributed by atoms with Crippen molar-refractivity contribution in [2.24, 2.45) is 0 Å². The first-order chi connectivity index (χ1) is 16.2. The molecule has 1 aliphatic heterocycles. The predicted octanol–water partition coefficient (Wildman–Crippen LogP) is 4.72. The quantitative estimate of drug-likeness (QED) is 0.442.